The first-order valence-electron chi connectivity index (χ1n) is 15.8. The van der Waals surface area contributed by atoms with Crippen LogP contribution >= 0.6 is 0 Å². The summed E-state index contributed by atoms with van der Waals surface area (Å²) in [5.41, 5.74) is 0. The number of unbranched alkanes of at least 4 members (excludes halogenated alkanes) is 16. The van der Waals surface area contributed by atoms with Crippen molar-refractivity contribution in [3.63, 3.8) is 0 Å². The second kappa shape index (κ2) is 35.1. The van der Waals surface area contributed by atoms with E-state index in [1.165, 1.54) is 154 Å². The normalized spacial score (nSPS) is 12.5. The van der Waals surface area contributed by atoms with Gasteiger partial charge in [-0.2, -0.15) is 0 Å². The van der Waals surface area contributed by atoms with Gasteiger partial charge in [-0.15, -0.1) is 0 Å². The van der Waals surface area contributed by atoms with Gasteiger partial charge in [0.15, 0.2) is 0 Å². The second-order valence-electron chi connectivity index (χ2n) is 11.0. The third-order valence-corrected chi connectivity index (χ3v) is 7.29. The molecule has 0 radical (unpaired) electrons. The summed E-state index contributed by atoms with van der Waals surface area (Å²) in [5, 5.41) is 9.25. The molecule has 34 heavy (non-hydrogen) atoms. The van der Waals surface area contributed by atoms with E-state index in [0.717, 1.165) is 5.92 Å². The van der Waals surface area contributed by atoms with E-state index in [2.05, 4.69) is 34.6 Å². The van der Waals surface area contributed by atoms with Gasteiger partial charge in [0.25, 0.3) is 0 Å². The summed E-state index contributed by atoms with van der Waals surface area (Å²) in [6.45, 7) is 11.9. The van der Waals surface area contributed by atoms with Gasteiger partial charge in [0.1, 0.15) is 0 Å². The molecule has 0 saturated heterocycles. The molecule has 0 spiro atoms. The number of aliphatic hydroxyl groups is 1. The first-order valence-corrected chi connectivity index (χ1v) is 15.8. The molecular formula is C33H72O. The lowest BCUT2D eigenvalue weighted by atomic mass is 9.96. The molecule has 1 heteroatoms. The SMILES string of the molecule is C.CCCCCCCCCC(C)CCCCC.CCCCCCCCCCC(CO)CCCC. The maximum Gasteiger partial charge on any atom is 0.0459 e. The largest absolute Gasteiger partial charge is 0.396 e. The van der Waals surface area contributed by atoms with Crippen molar-refractivity contribution < 1.29 is 5.11 Å². The highest BCUT2D eigenvalue weighted by molar-refractivity contribution is 4.58. The van der Waals surface area contributed by atoms with Crippen LogP contribution in [0.25, 0.3) is 0 Å². The van der Waals surface area contributed by atoms with Crippen LogP contribution in [0.2, 0.25) is 0 Å². The molecule has 0 rings (SSSR count). The van der Waals surface area contributed by atoms with E-state index >= 15 is 0 Å². The number of aliphatic hydroxyl groups excluding tert-OH is 1. The molecule has 0 amide bonds. The van der Waals surface area contributed by atoms with Gasteiger partial charge >= 0.3 is 0 Å². The first-order chi connectivity index (χ1) is 16.2. The van der Waals surface area contributed by atoms with Gasteiger partial charge in [-0.3, -0.25) is 0 Å². The average molecular weight is 485 g/mol. The van der Waals surface area contributed by atoms with Crippen molar-refractivity contribution in [1.29, 1.82) is 0 Å². The van der Waals surface area contributed by atoms with E-state index < -0.39 is 0 Å². The van der Waals surface area contributed by atoms with E-state index in [-0.39, 0.29) is 7.43 Å². The summed E-state index contributed by atoms with van der Waals surface area (Å²) in [7, 11) is 0. The zero-order chi connectivity index (χ0) is 24.8. The Labute approximate surface area is 219 Å². The van der Waals surface area contributed by atoms with Crippen LogP contribution in [-0.4, -0.2) is 11.7 Å². The minimum absolute atomic E-state index is 0. The summed E-state index contributed by atoms with van der Waals surface area (Å²) in [6.07, 6.45) is 33.4. The molecule has 0 heterocycles. The van der Waals surface area contributed by atoms with Crippen molar-refractivity contribution in [3.05, 3.63) is 0 Å². The van der Waals surface area contributed by atoms with Gasteiger partial charge in [-0.1, -0.05) is 183 Å². The second-order valence-corrected chi connectivity index (χ2v) is 11.0. The van der Waals surface area contributed by atoms with Crippen LogP contribution in [0.5, 0.6) is 0 Å². The highest BCUT2D eigenvalue weighted by Crippen LogP contribution is 2.18. The third kappa shape index (κ3) is 34.1. The van der Waals surface area contributed by atoms with Crippen molar-refractivity contribution in [2.24, 2.45) is 11.8 Å². The molecule has 0 aliphatic heterocycles. The Balaban J connectivity index is -0.000000550. The van der Waals surface area contributed by atoms with Crippen LogP contribution in [0.4, 0.5) is 0 Å². The highest BCUT2D eigenvalue weighted by Gasteiger charge is 2.06. The first kappa shape index (κ1) is 38.5. The Bertz CT molecular complexity index is 314. The molecule has 0 saturated carbocycles. The molecule has 2 atom stereocenters. The van der Waals surface area contributed by atoms with Crippen LogP contribution in [0, 0.1) is 11.8 Å². The van der Waals surface area contributed by atoms with Gasteiger partial charge in [0, 0.05) is 6.61 Å². The van der Waals surface area contributed by atoms with E-state index in [1.807, 2.05) is 0 Å². The Hall–Kier alpha value is -0.0400. The average Bonchev–Trinajstić information content (AvgIpc) is 2.82. The number of hydrogen-bond donors (Lipinski definition) is 1. The summed E-state index contributed by atoms with van der Waals surface area (Å²) >= 11 is 0. The summed E-state index contributed by atoms with van der Waals surface area (Å²) in [5.74, 6) is 1.55. The summed E-state index contributed by atoms with van der Waals surface area (Å²) in [6, 6.07) is 0. The molecular weight excluding hydrogens is 412 g/mol. The predicted molar refractivity (Wildman–Crippen MR) is 160 cm³/mol. The Morgan fingerprint density at radius 2 is 0.706 bits per heavy atom. The van der Waals surface area contributed by atoms with Crippen LogP contribution in [-0.2, 0) is 0 Å². The molecule has 0 aromatic carbocycles. The summed E-state index contributed by atoms with van der Waals surface area (Å²) in [4.78, 5) is 0. The Morgan fingerprint density at radius 3 is 1.12 bits per heavy atom. The fourth-order valence-electron chi connectivity index (χ4n) is 4.72. The fourth-order valence-corrected chi connectivity index (χ4v) is 4.72. The zero-order valence-corrected chi connectivity index (χ0v) is 24.3. The van der Waals surface area contributed by atoms with Crippen molar-refractivity contribution in [3.8, 4) is 0 Å². The van der Waals surface area contributed by atoms with Gasteiger partial charge in [0.05, 0.1) is 0 Å². The van der Waals surface area contributed by atoms with Gasteiger partial charge in [-0.25, -0.2) is 0 Å². The van der Waals surface area contributed by atoms with E-state index in [4.69, 9.17) is 0 Å². The molecule has 0 bridgehead atoms. The molecule has 0 aromatic rings. The van der Waals surface area contributed by atoms with Gasteiger partial charge < -0.3 is 5.11 Å². The molecule has 210 valence electrons. The maximum absolute atomic E-state index is 9.25. The van der Waals surface area contributed by atoms with E-state index in [0.29, 0.717) is 12.5 Å². The lowest BCUT2D eigenvalue weighted by molar-refractivity contribution is 0.205. The lowest BCUT2D eigenvalue weighted by Crippen LogP contribution is -2.05. The molecule has 0 aliphatic rings. The quantitative estimate of drug-likeness (QED) is 0.128. The monoisotopic (exact) mass is 485 g/mol. The smallest absolute Gasteiger partial charge is 0.0459 e. The van der Waals surface area contributed by atoms with Crippen molar-refractivity contribution in [2.45, 2.75) is 196 Å². The van der Waals surface area contributed by atoms with Gasteiger partial charge in [-0.05, 0) is 24.7 Å². The Kier molecular flexibility index (Phi) is 39.8. The van der Waals surface area contributed by atoms with Crippen LogP contribution in [0.15, 0.2) is 0 Å². The topological polar surface area (TPSA) is 20.2 Å². The molecule has 0 aliphatic carbocycles. The Morgan fingerprint density at radius 1 is 0.412 bits per heavy atom. The third-order valence-electron chi connectivity index (χ3n) is 7.29. The van der Waals surface area contributed by atoms with Crippen LogP contribution in [0.3, 0.4) is 0 Å². The van der Waals surface area contributed by atoms with Crippen LogP contribution < -0.4 is 0 Å². The standard InChI is InChI=1S/C16H34O.C16H34.CH4/c1-3-5-7-8-9-10-11-12-14-16(15-17)13-6-4-2;1-4-6-8-9-10-11-13-15-16(3)14-12-7-5-2;/h16-17H,3-15H2,1-2H3;16H,4-15H2,1-3H3;1H4. The number of hydrogen-bond acceptors (Lipinski definition) is 1. The minimum Gasteiger partial charge on any atom is -0.396 e. The van der Waals surface area contributed by atoms with Crippen LogP contribution in [0.1, 0.15) is 196 Å². The minimum atomic E-state index is 0. The molecule has 0 aromatic heterocycles. The molecule has 2 unspecified atom stereocenters. The predicted octanol–water partition coefficient (Wildman–Crippen LogP) is 12.3. The molecule has 0 fully saturated rings. The maximum atomic E-state index is 9.25. The van der Waals surface area contributed by atoms with Gasteiger partial charge in [0.2, 0.25) is 0 Å². The number of rotatable bonds is 25. The fraction of sp³-hybridized carbons (Fsp3) is 1.00. The van der Waals surface area contributed by atoms with Crippen molar-refractivity contribution in [2.75, 3.05) is 6.61 Å². The molecule has 1 nitrogen and oxygen atoms in total. The van der Waals surface area contributed by atoms with E-state index in [9.17, 15) is 5.11 Å². The highest BCUT2D eigenvalue weighted by atomic mass is 16.3. The molecule has 1 N–H and O–H groups in total. The lowest BCUT2D eigenvalue weighted by Gasteiger charge is -2.13. The van der Waals surface area contributed by atoms with Crippen molar-refractivity contribution >= 4 is 0 Å². The zero-order valence-electron chi connectivity index (χ0n) is 24.3. The summed E-state index contributed by atoms with van der Waals surface area (Å²) < 4.78 is 0. The van der Waals surface area contributed by atoms with E-state index in [1.54, 1.807) is 0 Å². The van der Waals surface area contributed by atoms with Crippen molar-refractivity contribution in [1.82, 2.24) is 0 Å².